The molecule has 25 heteroatoms. The summed E-state index contributed by atoms with van der Waals surface area (Å²) in [5, 5.41) is 17.0. The highest BCUT2D eigenvalue weighted by Crippen LogP contribution is 2.39. The molecule has 0 saturated carbocycles. The Labute approximate surface area is 267 Å². The fourth-order valence-corrected chi connectivity index (χ4v) is 5.13. The maximum Gasteiger partial charge on any atom is 0.573 e. The second-order valence-corrected chi connectivity index (χ2v) is 11.0. The molecule has 3 N–H and O–H groups in total. The van der Waals surface area contributed by atoms with Crippen LogP contribution in [-0.2, 0) is 23.2 Å². The average Bonchev–Trinajstić information content (AvgIpc) is 3.46. The molecule has 4 aromatic rings. The van der Waals surface area contributed by atoms with Gasteiger partial charge in [0.25, 0.3) is 10.0 Å². The van der Waals surface area contributed by atoms with Crippen LogP contribution < -0.4 is 25.6 Å². The van der Waals surface area contributed by atoms with E-state index in [0.29, 0.717) is 12.1 Å². The van der Waals surface area contributed by atoms with E-state index >= 15 is 0 Å². The molecular formula is C22H16Cl2F6N8O8S. The van der Waals surface area contributed by atoms with Crippen LogP contribution in [0, 0.1) is 10.1 Å². The normalized spacial score (nSPS) is 11.8. The quantitative estimate of drug-likeness (QED) is 0.163. The van der Waals surface area contributed by atoms with E-state index < -0.39 is 66.9 Å². The highest BCUT2D eigenvalue weighted by Gasteiger charge is 2.35. The van der Waals surface area contributed by atoms with Crippen molar-refractivity contribution in [2.75, 3.05) is 12.8 Å². The second-order valence-electron chi connectivity index (χ2n) is 8.52. The first-order chi connectivity index (χ1) is 21.6. The minimum Gasteiger partial charge on any atom is -0.467 e. The van der Waals surface area contributed by atoms with Gasteiger partial charge in [0.1, 0.15) is 22.5 Å². The number of carbonyl (C=O) groups is 1. The molecule has 0 bridgehead atoms. The molecule has 47 heavy (non-hydrogen) atoms. The lowest BCUT2D eigenvalue weighted by molar-refractivity contribution is -0.383. The monoisotopic (exact) mass is 736 g/mol. The van der Waals surface area contributed by atoms with Crippen LogP contribution in [0.5, 0.6) is 11.8 Å². The van der Waals surface area contributed by atoms with Crippen molar-refractivity contribution in [3.05, 3.63) is 78.8 Å². The third kappa shape index (κ3) is 8.23. The van der Waals surface area contributed by atoms with E-state index in [0.717, 1.165) is 46.8 Å². The van der Waals surface area contributed by atoms with Crippen LogP contribution in [0.3, 0.4) is 0 Å². The van der Waals surface area contributed by atoms with E-state index in [1.165, 1.54) is 11.8 Å². The summed E-state index contributed by atoms with van der Waals surface area (Å²) >= 11 is 11.5. The van der Waals surface area contributed by atoms with Gasteiger partial charge in [-0.2, -0.15) is 18.3 Å². The second kappa shape index (κ2) is 13.4. The van der Waals surface area contributed by atoms with Gasteiger partial charge in [0.2, 0.25) is 5.82 Å². The molecule has 0 aliphatic rings. The maximum atomic E-state index is 12.6. The number of nitro groups is 1. The largest absolute Gasteiger partial charge is 0.573 e. The lowest BCUT2D eigenvalue weighted by Gasteiger charge is -2.13. The van der Waals surface area contributed by atoms with Gasteiger partial charge in [0, 0.05) is 7.05 Å². The number of para-hydroxylation sites is 1. The van der Waals surface area contributed by atoms with Crippen LogP contribution in [0.25, 0.3) is 5.69 Å². The van der Waals surface area contributed by atoms with Gasteiger partial charge in [0.15, 0.2) is 0 Å². The molecule has 0 unspecified atom stereocenters. The van der Waals surface area contributed by atoms with Crippen LogP contribution in [-0.4, -0.2) is 57.0 Å². The number of anilines is 1. The summed E-state index contributed by atoms with van der Waals surface area (Å²) in [4.78, 5) is 32.8. The molecule has 2 aromatic carbocycles. The van der Waals surface area contributed by atoms with Crippen molar-refractivity contribution >= 4 is 50.8 Å². The number of sulfonamides is 1. The predicted octanol–water partition coefficient (Wildman–Crippen LogP) is 4.12. The summed E-state index contributed by atoms with van der Waals surface area (Å²) in [5.74, 6) is -1.45. The minimum absolute atomic E-state index is 0.142. The average molecular weight is 737 g/mol. The first-order valence-electron chi connectivity index (χ1n) is 11.8. The lowest BCUT2D eigenvalue weighted by Crippen LogP contribution is -2.40. The van der Waals surface area contributed by atoms with Gasteiger partial charge < -0.3 is 15.2 Å². The van der Waals surface area contributed by atoms with E-state index in [1.807, 2.05) is 0 Å². The number of halogens is 8. The van der Waals surface area contributed by atoms with Gasteiger partial charge in [-0.1, -0.05) is 35.3 Å². The molecule has 254 valence electrons. The van der Waals surface area contributed by atoms with Gasteiger partial charge in [0.05, 0.1) is 27.6 Å². The summed E-state index contributed by atoms with van der Waals surface area (Å²) in [6, 6.07) is 3.24. The summed E-state index contributed by atoms with van der Waals surface area (Å²) in [5.41, 5.74) is 2.75. The van der Waals surface area contributed by atoms with E-state index in [1.54, 1.807) is 0 Å². The fourth-order valence-electron chi connectivity index (χ4n) is 3.42. The number of carbonyl (C=O) groups excluding carboxylic acids is 1. The lowest BCUT2D eigenvalue weighted by atomic mass is 10.2. The molecule has 0 radical (unpaired) electrons. The molecule has 0 saturated heterocycles. The standard InChI is InChI=1S/C12H11F3N4O6S.C10H5Cl2F3N4O2/c1-18-10(24-2)16-19(11(18)21)9(20)17-26(22,23)8-6-4-3-5-7(8)25-12(13,14)15;11-5-1-4(10(13,14)15)2-6(12)8(5)18-9(16)7(3-17-18)19(20)21/h3-6H,1-2H3,(H,17,20);1-3H,16H2. The molecular weight excluding hydrogens is 721 g/mol. The Hall–Kier alpha value is -5.03. The summed E-state index contributed by atoms with van der Waals surface area (Å²) in [6.45, 7) is 0. The molecule has 2 heterocycles. The van der Waals surface area contributed by atoms with Gasteiger partial charge >= 0.3 is 36.0 Å². The topological polar surface area (TPSA) is 208 Å². The number of alkyl halides is 6. The molecule has 0 aliphatic heterocycles. The van der Waals surface area contributed by atoms with Crippen molar-refractivity contribution in [2.45, 2.75) is 17.4 Å². The highest BCUT2D eigenvalue weighted by atomic mass is 35.5. The Morgan fingerprint density at radius 1 is 1.11 bits per heavy atom. The number of ether oxygens (including phenoxy) is 2. The Morgan fingerprint density at radius 3 is 2.15 bits per heavy atom. The van der Waals surface area contributed by atoms with E-state index in [9.17, 15) is 54.5 Å². The Kier molecular flexibility index (Phi) is 10.4. The first-order valence-corrected chi connectivity index (χ1v) is 14.0. The van der Waals surface area contributed by atoms with Crippen molar-refractivity contribution in [1.29, 1.82) is 0 Å². The van der Waals surface area contributed by atoms with Crippen molar-refractivity contribution in [3.8, 4) is 17.4 Å². The molecule has 0 aliphatic carbocycles. The number of aromatic nitrogens is 5. The van der Waals surface area contributed by atoms with Crippen molar-refractivity contribution < 1.29 is 54.0 Å². The zero-order chi connectivity index (χ0) is 35.6. The van der Waals surface area contributed by atoms with Crippen molar-refractivity contribution in [2.24, 2.45) is 7.05 Å². The first kappa shape index (κ1) is 36.4. The zero-order valence-electron chi connectivity index (χ0n) is 23.0. The molecule has 0 atom stereocenters. The third-order valence-corrected chi connectivity index (χ3v) is 7.38. The number of hydrogen-bond donors (Lipinski definition) is 2. The maximum absolute atomic E-state index is 12.6. The van der Waals surface area contributed by atoms with Crippen LogP contribution in [0.1, 0.15) is 5.56 Å². The van der Waals surface area contributed by atoms with Crippen LogP contribution >= 0.6 is 23.2 Å². The molecule has 0 spiro atoms. The van der Waals surface area contributed by atoms with Crippen molar-refractivity contribution in [1.82, 2.24) is 28.9 Å². The third-order valence-electron chi connectivity index (χ3n) is 5.44. The number of hydrogen-bond acceptors (Lipinski definition) is 11. The smallest absolute Gasteiger partial charge is 0.467 e. The Morgan fingerprint density at radius 2 is 1.68 bits per heavy atom. The molecule has 2 aromatic heterocycles. The van der Waals surface area contributed by atoms with Gasteiger partial charge in [-0.05, 0) is 24.3 Å². The summed E-state index contributed by atoms with van der Waals surface area (Å²) in [6.07, 6.45) is -8.94. The number of nitrogen functional groups attached to an aromatic ring is 1. The van der Waals surface area contributed by atoms with Crippen LogP contribution in [0.15, 0.2) is 52.3 Å². The van der Waals surface area contributed by atoms with Gasteiger partial charge in [-0.15, -0.1) is 23.0 Å². The van der Waals surface area contributed by atoms with E-state index in [2.05, 4.69) is 14.9 Å². The number of methoxy groups -OCH3 is 1. The van der Waals surface area contributed by atoms with Gasteiger partial charge in [-0.3, -0.25) is 10.1 Å². The fraction of sp³-hybridized carbons (Fsp3) is 0.182. The number of nitrogens with zero attached hydrogens (tertiary/aromatic N) is 6. The molecule has 4 rings (SSSR count). The van der Waals surface area contributed by atoms with Crippen LogP contribution in [0.4, 0.5) is 42.6 Å². The Balaban J connectivity index is 0.000000261. The minimum atomic E-state index is -5.15. The number of amides is 1. The molecule has 1 amide bonds. The Bertz CT molecular complexity index is 1990. The van der Waals surface area contributed by atoms with Crippen LogP contribution in [0.2, 0.25) is 10.0 Å². The molecule has 16 nitrogen and oxygen atoms in total. The van der Waals surface area contributed by atoms with Crippen molar-refractivity contribution in [3.63, 3.8) is 0 Å². The predicted molar refractivity (Wildman–Crippen MR) is 148 cm³/mol. The summed E-state index contributed by atoms with van der Waals surface area (Å²) < 4.78 is 111. The molecule has 0 fully saturated rings. The number of nitrogens with two attached hydrogens (primary N) is 1. The SMILES string of the molecule is COc1nn(C(=O)NS(=O)(=O)c2ccccc2OC(F)(F)F)c(=O)n1C.Nc1c([N+](=O)[O-])cnn1-c1c(Cl)cc(C(F)(F)F)cc1Cl. The van der Waals surface area contributed by atoms with E-state index in [4.69, 9.17) is 33.7 Å². The van der Waals surface area contributed by atoms with E-state index in [-0.39, 0.29) is 26.4 Å². The summed E-state index contributed by atoms with van der Waals surface area (Å²) in [7, 11) is -2.45. The highest BCUT2D eigenvalue weighted by molar-refractivity contribution is 7.90. The zero-order valence-corrected chi connectivity index (χ0v) is 25.3. The van der Waals surface area contributed by atoms with Gasteiger partial charge in [-0.25, -0.2) is 32.0 Å². The number of benzene rings is 2. The number of rotatable bonds is 6. The number of nitrogens with one attached hydrogen (secondary N) is 1.